The SMILES string of the molecule is CCNCc1csc(-c2ccc(OC)cc2)n1. The Hall–Kier alpha value is -1.39. The van der Waals surface area contributed by atoms with Crippen molar-refractivity contribution in [3.8, 4) is 16.3 Å². The van der Waals surface area contributed by atoms with Gasteiger partial charge in [-0.15, -0.1) is 11.3 Å². The summed E-state index contributed by atoms with van der Waals surface area (Å²) in [6.45, 7) is 3.90. The summed E-state index contributed by atoms with van der Waals surface area (Å²) in [6.07, 6.45) is 0. The summed E-state index contributed by atoms with van der Waals surface area (Å²) in [7, 11) is 1.67. The monoisotopic (exact) mass is 248 g/mol. The summed E-state index contributed by atoms with van der Waals surface area (Å²) in [6, 6.07) is 7.99. The van der Waals surface area contributed by atoms with Crippen molar-refractivity contribution in [2.24, 2.45) is 0 Å². The molecule has 0 saturated carbocycles. The molecule has 0 radical (unpaired) electrons. The summed E-state index contributed by atoms with van der Waals surface area (Å²) in [5.74, 6) is 0.873. The number of benzene rings is 1. The lowest BCUT2D eigenvalue weighted by atomic mass is 10.2. The Balaban J connectivity index is 2.12. The molecular weight excluding hydrogens is 232 g/mol. The van der Waals surface area contributed by atoms with E-state index in [0.29, 0.717) is 0 Å². The number of hydrogen-bond donors (Lipinski definition) is 1. The van der Waals surface area contributed by atoms with Crippen molar-refractivity contribution >= 4 is 11.3 Å². The number of methoxy groups -OCH3 is 1. The van der Waals surface area contributed by atoms with Gasteiger partial charge in [0.25, 0.3) is 0 Å². The van der Waals surface area contributed by atoms with Crippen LogP contribution in [-0.4, -0.2) is 18.6 Å². The molecule has 0 aliphatic carbocycles. The smallest absolute Gasteiger partial charge is 0.123 e. The van der Waals surface area contributed by atoms with Crippen molar-refractivity contribution in [3.63, 3.8) is 0 Å². The van der Waals surface area contributed by atoms with Crippen molar-refractivity contribution in [2.45, 2.75) is 13.5 Å². The third-order valence-corrected chi connectivity index (χ3v) is 3.39. The largest absolute Gasteiger partial charge is 0.497 e. The minimum absolute atomic E-state index is 0.836. The molecule has 0 aliphatic rings. The van der Waals surface area contributed by atoms with Gasteiger partial charge in [-0.3, -0.25) is 0 Å². The number of aromatic nitrogens is 1. The van der Waals surface area contributed by atoms with Crippen molar-refractivity contribution in [2.75, 3.05) is 13.7 Å². The standard InChI is InChI=1S/C13H16N2OS/c1-3-14-8-11-9-17-13(15-11)10-4-6-12(16-2)7-5-10/h4-7,9,14H,3,8H2,1-2H3. The zero-order valence-electron chi connectivity index (χ0n) is 10.1. The predicted molar refractivity (Wildman–Crippen MR) is 71.5 cm³/mol. The molecule has 0 spiro atoms. The highest BCUT2D eigenvalue weighted by Gasteiger charge is 2.04. The summed E-state index contributed by atoms with van der Waals surface area (Å²) in [5.41, 5.74) is 2.24. The lowest BCUT2D eigenvalue weighted by Crippen LogP contribution is -2.11. The molecule has 1 heterocycles. The molecule has 0 unspecified atom stereocenters. The van der Waals surface area contributed by atoms with Gasteiger partial charge in [-0.25, -0.2) is 4.98 Å². The van der Waals surface area contributed by atoms with Gasteiger partial charge in [0.1, 0.15) is 10.8 Å². The fourth-order valence-corrected chi connectivity index (χ4v) is 2.33. The Bertz CT molecular complexity index is 465. The number of nitrogens with zero attached hydrogens (tertiary/aromatic N) is 1. The lowest BCUT2D eigenvalue weighted by Gasteiger charge is -2.00. The van der Waals surface area contributed by atoms with Crippen LogP contribution < -0.4 is 10.1 Å². The van der Waals surface area contributed by atoms with Crippen LogP contribution in [0.25, 0.3) is 10.6 Å². The Morgan fingerprint density at radius 2 is 2.06 bits per heavy atom. The quantitative estimate of drug-likeness (QED) is 0.883. The van der Waals surface area contributed by atoms with Gasteiger partial charge in [-0.2, -0.15) is 0 Å². The van der Waals surface area contributed by atoms with Crippen LogP contribution in [0.4, 0.5) is 0 Å². The molecule has 3 nitrogen and oxygen atoms in total. The normalized spacial score (nSPS) is 10.5. The number of hydrogen-bond acceptors (Lipinski definition) is 4. The Kier molecular flexibility index (Phi) is 4.12. The molecule has 1 N–H and O–H groups in total. The summed E-state index contributed by atoms with van der Waals surface area (Å²) in [4.78, 5) is 4.59. The Labute approximate surface area is 105 Å². The topological polar surface area (TPSA) is 34.1 Å². The Morgan fingerprint density at radius 1 is 1.29 bits per heavy atom. The molecule has 4 heteroatoms. The average molecular weight is 248 g/mol. The first-order valence-corrected chi connectivity index (χ1v) is 6.51. The maximum Gasteiger partial charge on any atom is 0.123 e. The lowest BCUT2D eigenvalue weighted by molar-refractivity contribution is 0.415. The summed E-state index contributed by atoms with van der Waals surface area (Å²) < 4.78 is 5.14. The fraction of sp³-hybridized carbons (Fsp3) is 0.308. The van der Waals surface area contributed by atoms with Crippen molar-refractivity contribution < 1.29 is 4.74 Å². The molecule has 1 aromatic carbocycles. The molecule has 0 aliphatic heterocycles. The van der Waals surface area contributed by atoms with Gasteiger partial charge in [0.15, 0.2) is 0 Å². The minimum Gasteiger partial charge on any atom is -0.497 e. The van der Waals surface area contributed by atoms with Crippen molar-refractivity contribution in [1.82, 2.24) is 10.3 Å². The second kappa shape index (κ2) is 5.80. The molecule has 0 saturated heterocycles. The number of thiazole rings is 1. The van der Waals surface area contributed by atoms with E-state index in [1.165, 1.54) is 0 Å². The van der Waals surface area contributed by atoms with E-state index in [2.05, 4.69) is 22.6 Å². The Morgan fingerprint density at radius 3 is 2.71 bits per heavy atom. The maximum absolute atomic E-state index is 5.14. The van der Waals surface area contributed by atoms with Gasteiger partial charge < -0.3 is 10.1 Å². The van der Waals surface area contributed by atoms with Crippen LogP contribution in [0.15, 0.2) is 29.6 Å². The molecule has 2 aromatic rings. The molecule has 90 valence electrons. The molecule has 0 fully saturated rings. The van der Waals surface area contributed by atoms with E-state index in [1.807, 2.05) is 24.3 Å². The average Bonchev–Trinajstić information content (AvgIpc) is 2.85. The fourth-order valence-electron chi connectivity index (χ4n) is 1.51. The van der Waals surface area contributed by atoms with Gasteiger partial charge in [0, 0.05) is 17.5 Å². The second-order valence-electron chi connectivity index (χ2n) is 3.65. The molecule has 17 heavy (non-hydrogen) atoms. The van der Waals surface area contributed by atoms with Gasteiger partial charge in [0.2, 0.25) is 0 Å². The van der Waals surface area contributed by atoms with Crippen LogP contribution in [0, 0.1) is 0 Å². The highest BCUT2D eigenvalue weighted by molar-refractivity contribution is 7.13. The highest BCUT2D eigenvalue weighted by Crippen LogP contribution is 2.25. The summed E-state index contributed by atoms with van der Waals surface area (Å²) in [5, 5.41) is 6.43. The summed E-state index contributed by atoms with van der Waals surface area (Å²) >= 11 is 1.67. The van der Waals surface area contributed by atoms with Gasteiger partial charge in [-0.05, 0) is 30.8 Å². The molecule has 0 atom stereocenters. The molecule has 0 amide bonds. The molecule has 1 aromatic heterocycles. The number of rotatable bonds is 5. The zero-order chi connectivity index (χ0) is 12.1. The number of ether oxygens (including phenoxy) is 1. The zero-order valence-corrected chi connectivity index (χ0v) is 10.9. The maximum atomic E-state index is 5.14. The van der Waals surface area contributed by atoms with E-state index in [9.17, 15) is 0 Å². The van der Waals surface area contributed by atoms with Gasteiger partial charge in [0.05, 0.1) is 12.8 Å². The van der Waals surface area contributed by atoms with Crippen LogP contribution in [0.1, 0.15) is 12.6 Å². The first-order valence-electron chi connectivity index (χ1n) is 5.63. The van der Waals surface area contributed by atoms with E-state index >= 15 is 0 Å². The van der Waals surface area contributed by atoms with E-state index in [1.54, 1.807) is 18.4 Å². The third-order valence-electron chi connectivity index (χ3n) is 2.44. The van der Waals surface area contributed by atoms with Crippen LogP contribution in [0.5, 0.6) is 5.75 Å². The van der Waals surface area contributed by atoms with Crippen LogP contribution in [0.2, 0.25) is 0 Å². The third kappa shape index (κ3) is 3.05. The van der Waals surface area contributed by atoms with E-state index in [4.69, 9.17) is 4.74 Å². The first-order chi connectivity index (χ1) is 8.33. The van der Waals surface area contributed by atoms with Crippen molar-refractivity contribution in [1.29, 1.82) is 0 Å². The second-order valence-corrected chi connectivity index (χ2v) is 4.51. The highest BCUT2D eigenvalue weighted by atomic mass is 32.1. The first kappa shape index (κ1) is 12.1. The van der Waals surface area contributed by atoms with Gasteiger partial charge in [-0.1, -0.05) is 6.92 Å². The van der Waals surface area contributed by atoms with Crippen LogP contribution >= 0.6 is 11.3 Å². The predicted octanol–water partition coefficient (Wildman–Crippen LogP) is 2.93. The molecule has 2 rings (SSSR count). The van der Waals surface area contributed by atoms with Crippen molar-refractivity contribution in [3.05, 3.63) is 35.3 Å². The molecular formula is C13H16N2OS. The van der Waals surface area contributed by atoms with E-state index < -0.39 is 0 Å². The molecule has 0 bridgehead atoms. The van der Waals surface area contributed by atoms with E-state index in [0.717, 1.165) is 35.1 Å². The van der Waals surface area contributed by atoms with E-state index in [-0.39, 0.29) is 0 Å². The van der Waals surface area contributed by atoms with Crippen LogP contribution in [-0.2, 0) is 6.54 Å². The number of nitrogens with one attached hydrogen (secondary N) is 1. The van der Waals surface area contributed by atoms with Gasteiger partial charge >= 0.3 is 0 Å². The van der Waals surface area contributed by atoms with Crippen LogP contribution in [0.3, 0.4) is 0 Å². The minimum atomic E-state index is 0.836.